The maximum atomic E-state index is 8.91. The van der Waals surface area contributed by atoms with Crippen molar-refractivity contribution in [1.29, 1.82) is 5.26 Å². The lowest BCUT2D eigenvalue weighted by Gasteiger charge is -2.23. The molecule has 0 amide bonds. The number of anilines is 2. The first kappa shape index (κ1) is 13.1. The van der Waals surface area contributed by atoms with Crippen molar-refractivity contribution in [2.75, 3.05) is 11.4 Å². The summed E-state index contributed by atoms with van der Waals surface area (Å²) in [7, 11) is 0. The molecule has 0 radical (unpaired) electrons. The molecule has 21 heavy (non-hydrogen) atoms. The summed E-state index contributed by atoms with van der Waals surface area (Å²) in [5.74, 6) is 0.819. The average Bonchev–Trinajstić information content (AvgIpc) is 2.89. The van der Waals surface area contributed by atoms with Crippen LogP contribution in [0.4, 0.5) is 11.5 Å². The third kappa shape index (κ3) is 2.56. The van der Waals surface area contributed by atoms with Gasteiger partial charge in [0.05, 0.1) is 18.2 Å². The molecule has 3 rings (SSSR count). The van der Waals surface area contributed by atoms with Gasteiger partial charge in [0.25, 0.3) is 0 Å². The highest BCUT2D eigenvalue weighted by atomic mass is 15.3. The number of hydrogen-bond donors (Lipinski definition) is 0. The third-order valence-electron chi connectivity index (χ3n) is 3.26. The van der Waals surface area contributed by atoms with E-state index in [2.05, 4.69) is 21.1 Å². The molecule has 0 aliphatic heterocycles. The molecule has 0 saturated carbocycles. The Morgan fingerprint density at radius 2 is 2.10 bits per heavy atom. The molecule has 5 heteroatoms. The molecule has 104 valence electrons. The minimum atomic E-state index is 0.435. The van der Waals surface area contributed by atoms with Gasteiger partial charge in [-0.15, -0.1) is 0 Å². The monoisotopic (exact) mass is 277 g/mol. The van der Waals surface area contributed by atoms with E-state index in [1.54, 1.807) is 6.20 Å². The Morgan fingerprint density at radius 3 is 2.86 bits per heavy atom. The van der Waals surface area contributed by atoms with Gasteiger partial charge < -0.3 is 4.90 Å². The van der Waals surface area contributed by atoms with Crippen LogP contribution in [0.2, 0.25) is 0 Å². The van der Waals surface area contributed by atoms with Gasteiger partial charge in [0.15, 0.2) is 5.82 Å². The van der Waals surface area contributed by atoms with Crippen molar-refractivity contribution in [3.63, 3.8) is 0 Å². The maximum absolute atomic E-state index is 8.91. The Morgan fingerprint density at radius 1 is 1.29 bits per heavy atom. The Hall–Kier alpha value is -2.87. The third-order valence-corrected chi connectivity index (χ3v) is 3.26. The molecule has 2 heterocycles. The normalized spacial score (nSPS) is 10.5. The first-order chi connectivity index (χ1) is 10.3. The van der Waals surface area contributed by atoms with E-state index in [0.29, 0.717) is 13.0 Å². The highest BCUT2D eigenvalue weighted by Gasteiger charge is 2.14. The second kappa shape index (κ2) is 5.63. The number of nitriles is 1. The van der Waals surface area contributed by atoms with Crippen LogP contribution in [-0.4, -0.2) is 21.1 Å². The van der Waals surface area contributed by atoms with Gasteiger partial charge in [-0.3, -0.25) is 0 Å². The smallest absolute Gasteiger partial charge is 0.159 e. The molecule has 0 bridgehead atoms. The van der Waals surface area contributed by atoms with Crippen LogP contribution in [0.3, 0.4) is 0 Å². The zero-order valence-electron chi connectivity index (χ0n) is 11.8. The van der Waals surface area contributed by atoms with Gasteiger partial charge in [-0.1, -0.05) is 18.2 Å². The number of hydrogen-bond acceptors (Lipinski definition) is 4. The van der Waals surface area contributed by atoms with Crippen molar-refractivity contribution in [2.24, 2.45) is 0 Å². The van der Waals surface area contributed by atoms with E-state index in [1.165, 1.54) is 0 Å². The summed E-state index contributed by atoms with van der Waals surface area (Å²) in [5, 5.41) is 13.3. The molecular weight excluding hydrogens is 262 g/mol. The molecule has 0 fully saturated rings. The first-order valence-electron chi connectivity index (χ1n) is 6.80. The highest BCUT2D eigenvalue weighted by Crippen LogP contribution is 2.27. The lowest BCUT2D eigenvalue weighted by molar-refractivity contribution is 0.890. The van der Waals surface area contributed by atoms with E-state index >= 15 is 0 Å². The van der Waals surface area contributed by atoms with Gasteiger partial charge in [-0.2, -0.15) is 10.4 Å². The number of fused-ring (bicyclic) bond motifs is 1. The molecule has 0 aliphatic rings. The van der Waals surface area contributed by atoms with Gasteiger partial charge in [0.2, 0.25) is 0 Å². The largest absolute Gasteiger partial charge is 0.324 e. The zero-order chi connectivity index (χ0) is 14.7. The molecule has 0 aliphatic carbocycles. The lowest BCUT2D eigenvalue weighted by atomic mass is 10.2. The number of para-hydroxylation sites is 1. The number of nitrogens with zero attached hydrogens (tertiary/aromatic N) is 5. The Kier molecular flexibility index (Phi) is 3.52. The second-order valence-electron chi connectivity index (χ2n) is 4.76. The van der Waals surface area contributed by atoms with Crippen LogP contribution < -0.4 is 4.90 Å². The molecule has 0 atom stereocenters. The number of rotatable bonds is 4. The summed E-state index contributed by atoms with van der Waals surface area (Å²) in [6.07, 6.45) is 4.00. The van der Waals surface area contributed by atoms with Crippen LogP contribution in [0.15, 0.2) is 48.8 Å². The standard InChI is InChI=1S/C16H15N5/c1-13-12-15-16(18-9-11-21(15)19-13)20(10-5-8-17)14-6-3-2-4-7-14/h2-4,6-7,9,11-12H,5,10H2,1H3. The minimum Gasteiger partial charge on any atom is -0.324 e. The Labute approximate surface area is 123 Å². The van der Waals surface area contributed by atoms with E-state index in [4.69, 9.17) is 5.26 Å². The predicted octanol–water partition coefficient (Wildman–Crippen LogP) is 3.09. The average molecular weight is 277 g/mol. The molecule has 0 spiro atoms. The molecule has 2 aromatic heterocycles. The van der Waals surface area contributed by atoms with Crippen LogP contribution >= 0.6 is 0 Å². The predicted molar refractivity (Wildman–Crippen MR) is 81.4 cm³/mol. The van der Waals surface area contributed by atoms with Gasteiger partial charge in [-0.25, -0.2) is 9.50 Å². The molecule has 3 aromatic rings. The van der Waals surface area contributed by atoms with Crippen molar-refractivity contribution in [3.05, 3.63) is 54.5 Å². The Balaban J connectivity index is 2.12. The minimum absolute atomic E-state index is 0.435. The van der Waals surface area contributed by atoms with Crippen molar-refractivity contribution < 1.29 is 0 Å². The van der Waals surface area contributed by atoms with E-state index < -0.39 is 0 Å². The SMILES string of the molecule is Cc1cc2c(N(CCC#N)c3ccccc3)nccn2n1. The molecule has 5 nitrogen and oxygen atoms in total. The second-order valence-corrected chi connectivity index (χ2v) is 4.76. The number of aromatic nitrogens is 3. The summed E-state index contributed by atoms with van der Waals surface area (Å²) in [4.78, 5) is 6.56. The fraction of sp³-hybridized carbons (Fsp3) is 0.188. The van der Waals surface area contributed by atoms with Crippen molar-refractivity contribution in [3.8, 4) is 6.07 Å². The van der Waals surface area contributed by atoms with Crippen molar-refractivity contribution >= 4 is 17.0 Å². The summed E-state index contributed by atoms with van der Waals surface area (Å²) in [5.41, 5.74) is 2.90. The van der Waals surface area contributed by atoms with Crippen LogP contribution in [-0.2, 0) is 0 Å². The molecular formula is C16H15N5. The van der Waals surface area contributed by atoms with Crippen LogP contribution in [0.25, 0.3) is 5.52 Å². The van der Waals surface area contributed by atoms with E-state index in [0.717, 1.165) is 22.7 Å². The molecule has 0 N–H and O–H groups in total. The first-order valence-corrected chi connectivity index (χ1v) is 6.80. The summed E-state index contributed by atoms with van der Waals surface area (Å²) < 4.78 is 1.82. The molecule has 1 aromatic carbocycles. The molecule has 0 saturated heterocycles. The lowest BCUT2D eigenvalue weighted by Crippen LogP contribution is -2.20. The van der Waals surface area contributed by atoms with E-state index in [9.17, 15) is 0 Å². The fourth-order valence-corrected chi connectivity index (χ4v) is 2.37. The van der Waals surface area contributed by atoms with E-state index in [1.807, 2.05) is 54.0 Å². The molecule has 0 unspecified atom stereocenters. The summed E-state index contributed by atoms with van der Waals surface area (Å²) in [6, 6.07) is 14.2. The van der Waals surface area contributed by atoms with Gasteiger partial charge in [0.1, 0.15) is 5.52 Å². The number of aryl methyl sites for hydroxylation is 1. The topological polar surface area (TPSA) is 57.2 Å². The summed E-state index contributed by atoms with van der Waals surface area (Å²) in [6.45, 7) is 2.55. The quantitative estimate of drug-likeness (QED) is 0.735. The Bertz CT molecular complexity index is 785. The van der Waals surface area contributed by atoms with Gasteiger partial charge >= 0.3 is 0 Å². The van der Waals surface area contributed by atoms with Crippen molar-refractivity contribution in [1.82, 2.24) is 14.6 Å². The van der Waals surface area contributed by atoms with Crippen LogP contribution in [0.1, 0.15) is 12.1 Å². The van der Waals surface area contributed by atoms with Crippen LogP contribution in [0, 0.1) is 18.3 Å². The van der Waals surface area contributed by atoms with Gasteiger partial charge in [0, 0.05) is 24.6 Å². The van der Waals surface area contributed by atoms with Gasteiger partial charge in [-0.05, 0) is 25.1 Å². The number of benzene rings is 1. The summed E-state index contributed by atoms with van der Waals surface area (Å²) >= 11 is 0. The van der Waals surface area contributed by atoms with Crippen molar-refractivity contribution in [2.45, 2.75) is 13.3 Å². The zero-order valence-corrected chi connectivity index (χ0v) is 11.8. The van der Waals surface area contributed by atoms with Crippen LogP contribution in [0.5, 0.6) is 0 Å². The maximum Gasteiger partial charge on any atom is 0.159 e. The fourth-order valence-electron chi connectivity index (χ4n) is 2.37. The highest BCUT2D eigenvalue weighted by molar-refractivity contribution is 5.75. The van der Waals surface area contributed by atoms with E-state index in [-0.39, 0.29) is 0 Å².